The zero-order valence-corrected chi connectivity index (χ0v) is 19.1. The number of benzene rings is 1. The van der Waals surface area contributed by atoms with Crippen LogP contribution in [-0.4, -0.2) is 54.6 Å². The van der Waals surface area contributed by atoms with Crippen LogP contribution >= 0.6 is 11.3 Å². The fourth-order valence-electron chi connectivity index (χ4n) is 4.06. The molecule has 1 aromatic carbocycles. The van der Waals surface area contributed by atoms with E-state index in [2.05, 4.69) is 20.4 Å². The van der Waals surface area contributed by atoms with E-state index in [1.54, 1.807) is 36.5 Å². The molecule has 3 aromatic heterocycles. The molecule has 10 nitrogen and oxygen atoms in total. The Morgan fingerprint density at radius 1 is 1.18 bits per heavy atom. The molecule has 0 radical (unpaired) electrons. The average molecular weight is 482 g/mol. The van der Waals surface area contributed by atoms with Crippen molar-refractivity contribution >= 4 is 17.2 Å². The molecule has 34 heavy (non-hydrogen) atoms. The molecule has 0 fully saturated rings. The maximum atomic E-state index is 13.2. The maximum Gasteiger partial charge on any atom is 0.278 e. The second-order valence-corrected chi connectivity index (χ2v) is 8.83. The fourth-order valence-corrected chi connectivity index (χ4v) is 4.94. The first-order chi connectivity index (χ1) is 16.4. The van der Waals surface area contributed by atoms with Crippen molar-refractivity contribution in [3.63, 3.8) is 0 Å². The Hall–Kier alpha value is -4.06. The smallest absolute Gasteiger partial charge is 0.278 e. The summed E-state index contributed by atoms with van der Waals surface area (Å²) in [7, 11) is 1.75. The average Bonchev–Trinajstić information content (AvgIpc) is 3.52. The first kappa shape index (κ1) is 21.8. The number of hydrogen-bond donors (Lipinski definition) is 2. The number of hydrogen-bond acceptors (Lipinski definition) is 8. The van der Waals surface area contributed by atoms with Crippen LogP contribution in [0.3, 0.4) is 0 Å². The molecular weight excluding hydrogens is 461 g/mol. The van der Waals surface area contributed by atoms with E-state index < -0.39 is 23.3 Å². The van der Waals surface area contributed by atoms with Crippen molar-refractivity contribution in [2.45, 2.75) is 19.5 Å². The number of aromatic nitrogens is 5. The summed E-state index contributed by atoms with van der Waals surface area (Å²) < 4.78 is 14.6. The molecule has 0 aliphatic carbocycles. The van der Waals surface area contributed by atoms with Gasteiger partial charge in [-0.05, 0) is 30.7 Å². The molecule has 0 saturated carbocycles. The van der Waals surface area contributed by atoms with E-state index in [0.29, 0.717) is 28.7 Å². The number of carbonyl (C=O) groups is 1. The van der Waals surface area contributed by atoms with Crippen molar-refractivity contribution < 1.29 is 14.3 Å². The highest BCUT2D eigenvalue weighted by Gasteiger charge is 2.39. The molecule has 4 heterocycles. The minimum Gasteiger partial charge on any atom is -0.502 e. The SMILES string of the molecule is CCN1C(=O)c2c(O)c(=O)c(-c3nnc(Cc4ccc(F)cc4)s3)cn2N(C)C1c1ccn[nH]1. The number of nitrogens with zero attached hydrogens (tertiary/aromatic N) is 6. The van der Waals surface area contributed by atoms with Gasteiger partial charge in [-0.1, -0.05) is 23.5 Å². The molecule has 1 aliphatic rings. The molecule has 2 N–H and O–H groups in total. The van der Waals surface area contributed by atoms with Crippen molar-refractivity contribution in [3.8, 4) is 16.3 Å². The van der Waals surface area contributed by atoms with Gasteiger partial charge in [-0.15, -0.1) is 10.2 Å². The number of H-pyrrole nitrogens is 1. The van der Waals surface area contributed by atoms with E-state index in [4.69, 9.17) is 0 Å². The van der Waals surface area contributed by atoms with Gasteiger partial charge in [0.2, 0.25) is 5.43 Å². The van der Waals surface area contributed by atoms with Gasteiger partial charge in [-0.3, -0.25) is 24.4 Å². The number of halogens is 1. The summed E-state index contributed by atoms with van der Waals surface area (Å²) in [6, 6.07) is 7.82. The lowest BCUT2D eigenvalue weighted by Crippen LogP contribution is -2.54. The second kappa shape index (κ2) is 8.37. The summed E-state index contributed by atoms with van der Waals surface area (Å²) in [5.41, 5.74) is 0.831. The van der Waals surface area contributed by atoms with Gasteiger partial charge in [-0.2, -0.15) is 5.10 Å². The monoisotopic (exact) mass is 481 g/mol. The predicted octanol–water partition coefficient (Wildman–Crippen LogP) is 2.27. The summed E-state index contributed by atoms with van der Waals surface area (Å²) in [5.74, 6) is -1.45. The van der Waals surface area contributed by atoms with Gasteiger partial charge >= 0.3 is 0 Å². The zero-order valence-electron chi connectivity index (χ0n) is 18.3. The lowest BCUT2D eigenvalue weighted by Gasteiger charge is -2.44. The van der Waals surface area contributed by atoms with Crippen molar-refractivity contribution in [3.05, 3.63) is 80.7 Å². The van der Waals surface area contributed by atoms with Crippen LogP contribution in [0.2, 0.25) is 0 Å². The minimum absolute atomic E-state index is 0.120. The number of pyridine rings is 1. The third kappa shape index (κ3) is 3.52. The zero-order chi connectivity index (χ0) is 24.0. The van der Waals surface area contributed by atoms with Crippen LogP contribution in [0.25, 0.3) is 10.6 Å². The molecule has 1 amide bonds. The standard InChI is InChI=1S/C22H20FN7O3S/c1-3-29-21(15-8-9-24-25-15)28(2)30-11-14(18(31)19(32)17(30)22(29)33)20-27-26-16(34-20)10-12-4-6-13(23)7-5-12/h4-9,11,21,32H,3,10H2,1-2H3,(H,24,25). The summed E-state index contributed by atoms with van der Waals surface area (Å²) in [6.45, 7) is 2.17. The molecule has 1 unspecified atom stereocenters. The number of aromatic amines is 1. The maximum absolute atomic E-state index is 13.2. The lowest BCUT2D eigenvalue weighted by molar-refractivity contribution is 0.0584. The lowest BCUT2D eigenvalue weighted by atomic mass is 10.1. The van der Waals surface area contributed by atoms with E-state index in [0.717, 1.165) is 5.56 Å². The topological polar surface area (TPSA) is 120 Å². The Balaban J connectivity index is 1.56. The van der Waals surface area contributed by atoms with Crippen LogP contribution < -0.4 is 10.4 Å². The highest BCUT2D eigenvalue weighted by molar-refractivity contribution is 7.14. The number of carbonyl (C=O) groups excluding carboxylic acids is 1. The van der Waals surface area contributed by atoms with Crippen molar-refractivity contribution in [2.75, 3.05) is 18.6 Å². The molecule has 0 saturated heterocycles. The van der Waals surface area contributed by atoms with Gasteiger partial charge in [0, 0.05) is 32.4 Å². The Labute approximate surface area is 196 Å². The summed E-state index contributed by atoms with van der Waals surface area (Å²) in [4.78, 5) is 27.8. The van der Waals surface area contributed by atoms with Gasteiger partial charge in [-0.25, -0.2) is 4.39 Å². The van der Waals surface area contributed by atoms with Crippen molar-refractivity contribution in [2.24, 2.45) is 0 Å². The van der Waals surface area contributed by atoms with E-state index >= 15 is 0 Å². The number of amides is 1. The van der Waals surface area contributed by atoms with Crippen LogP contribution in [0.1, 0.15) is 39.8 Å². The van der Waals surface area contributed by atoms with Crippen LogP contribution in [-0.2, 0) is 6.42 Å². The Morgan fingerprint density at radius 2 is 1.94 bits per heavy atom. The molecular formula is C22H20FN7O3S. The molecule has 0 spiro atoms. The van der Waals surface area contributed by atoms with Crippen LogP contribution in [0, 0.1) is 5.82 Å². The highest BCUT2D eigenvalue weighted by atomic mass is 32.1. The molecule has 0 bridgehead atoms. The molecule has 1 aliphatic heterocycles. The van der Waals surface area contributed by atoms with Crippen molar-refractivity contribution in [1.29, 1.82) is 0 Å². The number of fused-ring (bicyclic) bond motifs is 1. The van der Waals surface area contributed by atoms with E-state index in [1.807, 2.05) is 6.92 Å². The third-order valence-corrected chi connectivity index (χ3v) is 6.68. The molecule has 174 valence electrons. The van der Waals surface area contributed by atoms with Crippen LogP contribution in [0.15, 0.2) is 47.5 Å². The highest BCUT2D eigenvalue weighted by Crippen LogP contribution is 2.33. The van der Waals surface area contributed by atoms with Gasteiger partial charge in [0.05, 0.1) is 11.3 Å². The summed E-state index contributed by atoms with van der Waals surface area (Å²) >= 11 is 1.19. The molecule has 4 aromatic rings. The normalized spacial score (nSPS) is 15.6. The van der Waals surface area contributed by atoms with Gasteiger partial charge < -0.3 is 10.0 Å². The third-order valence-electron chi connectivity index (χ3n) is 5.72. The first-order valence-corrected chi connectivity index (χ1v) is 11.3. The molecule has 5 rings (SSSR count). The van der Waals surface area contributed by atoms with E-state index in [9.17, 15) is 19.1 Å². The number of aromatic hydroxyl groups is 1. The van der Waals surface area contributed by atoms with Crippen LogP contribution in [0.4, 0.5) is 4.39 Å². The fraction of sp³-hybridized carbons (Fsp3) is 0.227. The molecule has 1 atom stereocenters. The summed E-state index contributed by atoms with van der Waals surface area (Å²) in [6.07, 6.45) is 2.98. The quantitative estimate of drug-likeness (QED) is 0.449. The number of nitrogens with one attached hydrogen (secondary N) is 1. The second-order valence-electron chi connectivity index (χ2n) is 7.77. The van der Waals surface area contributed by atoms with E-state index in [1.165, 1.54) is 39.2 Å². The minimum atomic E-state index is -0.700. The summed E-state index contributed by atoms with van der Waals surface area (Å²) in [5, 5.41) is 28.6. The molecule has 12 heteroatoms. The van der Waals surface area contributed by atoms with Crippen LogP contribution in [0.5, 0.6) is 5.75 Å². The predicted molar refractivity (Wildman–Crippen MR) is 123 cm³/mol. The van der Waals surface area contributed by atoms with Gasteiger partial charge in [0.1, 0.15) is 10.8 Å². The van der Waals surface area contributed by atoms with Gasteiger partial charge in [0.15, 0.2) is 22.6 Å². The van der Waals surface area contributed by atoms with Crippen molar-refractivity contribution in [1.82, 2.24) is 30.0 Å². The van der Waals surface area contributed by atoms with E-state index in [-0.39, 0.29) is 17.1 Å². The number of rotatable bonds is 5. The largest absolute Gasteiger partial charge is 0.502 e. The Kier molecular flexibility index (Phi) is 5.36. The Morgan fingerprint density at radius 3 is 2.62 bits per heavy atom. The van der Waals surface area contributed by atoms with Gasteiger partial charge in [0.25, 0.3) is 5.91 Å². The first-order valence-electron chi connectivity index (χ1n) is 10.5. The Bertz CT molecular complexity index is 1420.